The third kappa shape index (κ3) is 4.96. The lowest BCUT2D eigenvalue weighted by Crippen LogP contribution is -2.08. The molecule has 0 heterocycles. The summed E-state index contributed by atoms with van der Waals surface area (Å²) < 4.78 is 16.6. The Morgan fingerprint density at radius 3 is 2.24 bits per heavy atom. The normalized spacial score (nSPS) is 10.1. The Kier molecular flexibility index (Phi) is 6.41. The molecule has 2 aromatic rings. The number of carbonyl (C=O) groups is 2. The van der Waals surface area contributed by atoms with E-state index in [-0.39, 0.29) is 12.5 Å². The first-order valence-electron chi connectivity index (χ1n) is 7.39. The van der Waals surface area contributed by atoms with Crippen molar-refractivity contribution in [2.75, 3.05) is 19.5 Å². The molecule has 132 valence electrons. The van der Waals surface area contributed by atoms with E-state index < -0.39 is 5.97 Å². The Balaban J connectivity index is 2.08. The third-order valence-corrected chi connectivity index (χ3v) is 3.97. The Bertz CT molecular complexity index is 774. The molecule has 0 radical (unpaired) electrons. The van der Waals surface area contributed by atoms with E-state index in [1.807, 2.05) is 0 Å². The van der Waals surface area contributed by atoms with Gasteiger partial charge in [0.2, 0.25) is 5.91 Å². The molecule has 0 aliphatic rings. The van der Waals surface area contributed by atoms with Gasteiger partial charge >= 0.3 is 5.97 Å². The topological polar surface area (TPSA) is 73.9 Å². The average molecular weight is 408 g/mol. The van der Waals surface area contributed by atoms with E-state index in [2.05, 4.69) is 21.2 Å². The van der Waals surface area contributed by atoms with Crippen LogP contribution in [0.25, 0.3) is 0 Å². The zero-order valence-corrected chi connectivity index (χ0v) is 15.7. The van der Waals surface area contributed by atoms with Gasteiger partial charge in [-0.25, -0.2) is 4.79 Å². The van der Waals surface area contributed by atoms with E-state index in [1.54, 1.807) is 50.6 Å². The number of nitrogens with one attached hydrogen (secondary N) is 1. The fourth-order valence-electron chi connectivity index (χ4n) is 2.16. The number of ether oxygens (including phenoxy) is 3. The van der Waals surface area contributed by atoms with E-state index in [0.717, 1.165) is 4.47 Å². The van der Waals surface area contributed by atoms with Crippen LogP contribution in [0.2, 0.25) is 0 Å². The lowest BCUT2D eigenvalue weighted by atomic mass is 10.2. The Morgan fingerprint density at radius 1 is 1.04 bits per heavy atom. The smallest absolute Gasteiger partial charge is 0.338 e. The summed E-state index contributed by atoms with van der Waals surface area (Å²) in [6.45, 7) is 1.46. The quantitative estimate of drug-likeness (QED) is 0.737. The van der Waals surface area contributed by atoms with E-state index in [0.29, 0.717) is 28.3 Å². The van der Waals surface area contributed by atoms with Crippen molar-refractivity contribution in [1.29, 1.82) is 0 Å². The van der Waals surface area contributed by atoms with E-state index in [4.69, 9.17) is 14.2 Å². The van der Waals surface area contributed by atoms with Gasteiger partial charge in [-0.2, -0.15) is 0 Å². The molecule has 0 spiro atoms. The minimum absolute atomic E-state index is 0.0408. The van der Waals surface area contributed by atoms with Crippen LogP contribution in [0.5, 0.6) is 11.5 Å². The Labute approximate surface area is 154 Å². The summed E-state index contributed by atoms with van der Waals surface area (Å²) in [5.41, 5.74) is 1.69. The minimum Gasteiger partial charge on any atom is -0.496 e. The first kappa shape index (κ1) is 18.8. The molecule has 0 bridgehead atoms. The van der Waals surface area contributed by atoms with Crippen molar-refractivity contribution in [3.8, 4) is 11.5 Å². The molecule has 0 atom stereocenters. The van der Waals surface area contributed by atoms with Gasteiger partial charge in [0.25, 0.3) is 0 Å². The fraction of sp³-hybridized carbons (Fsp3) is 0.222. The minimum atomic E-state index is -0.474. The molecule has 1 N–H and O–H groups in total. The third-order valence-electron chi connectivity index (χ3n) is 3.35. The molecular weight excluding hydrogens is 390 g/mol. The molecule has 0 aromatic heterocycles. The van der Waals surface area contributed by atoms with Gasteiger partial charge in [0, 0.05) is 18.2 Å². The Morgan fingerprint density at radius 2 is 1.68 bits per heavy atom. The molecular formula is C18H18BrNO5. The van der Waals surface area contributed by atoms with Gasteiger partial charge in [-0.1, -0.05) is 0 Å². The van der Waals surface area contributed by atoms with Gasteiger partial charge in [-0.3, -0.25) is 4.79 Å². The molecule has 0 fully saturated rings. The van der Waals surface area contributed by atoms with E-state index in [9.17, 15) is 9.59 Å². The molecule has 0 unspecified atom stereocenters. The Hall–Kier alpha value is -2.54. The predicted octanol–water partition coefficient (Wildman–Crippen LogP) is 3.78. The monoisotopic (exact) mass is 407 g/mol. The number of halogens is 1. The highest BCUT2D eigenvalue weighted by Crippen LogP contribution is 2.33. The van der Waals surface area contributed by atoms with Gasteiger partial charge < -0.3 is 19.5 Å². The summed E-state index contributed by atoms with van der Waals surface area (Å²) in [4.78, 5) is 23.2. The summed E-state index contributed by atoms with van der Waals surface area (Å²) in [7, 11) is 3.10. The van der Waals surface area contributed by atoms with Crippen LogP contribution < -0.4 is 14.8 Å². The SMILES string of the molecule is COc1cc(COC(=O)c2ccc(NC(C)=O)cc2)c(OC)cc1Br. The first-order valence-corrected chi connectivity index (χ1v) is 8.19. The predicted molar refractivity (Wildman–Crippen MR) is 97.1 cm³/mol. The highest BCUT2D eigenvalue weighted by Gasteiger charge is 2.13. The summed E-state index contributed by atoms with van der Waals surface area (Å²) in [5, 5.41) is 2.64. The number of amides is 1. The molecule has 7 heteroatoms. The molecule has 0 aliphatic heterocycles. The van der Waals surface area contributed by atoms with Crippen LogP contribution in [-0.2, 0) is 16.1 Å². The fourth-order valence-corrected chi connectivity index (χ4v) is 2.64. The number of rotatable bonds is 6. The molecule has 0 saturated heterocycles. The largest absolute Gasteiger partial charge is 0.496 e. The summed E-state index contributed by atoms with van der Waals surface area (Å²) >= 11 is 3.38. The summed E-state index contributed by atoms with van der Waals surface area (Å²) in [6.07, 6.45) is 0. The zero-order valence-electron chi connectivity index (χ0n) is 14.1. The van der Waals surface area contributed by atoms with Crippen LogP contribution in [0.4, 0.5) is 5.69 Å². The second-order valence-electron chi connectivity index (χ2n) is 5.13. The standard InChI is InChI=1S/C18H18BrNO5/c1-11(21)20-14-6-4-12(5-7-14)18(22)25-10-13-8-17(24-3)15(19)9-16(13)23-2/h4-9H,10H2,1-3H3,(H,20,21). The number of hydrogen-bond donors (Lipinski definition) is 1. The van der Waals surface area contributed by atoms with E-state index in [1.165, 1.54) is 6.92 Å². The lowest BCUT2D eigenvalue weighted by molar-refractivity contribution is -0.114. The first-order chi connectivity index (χ1) is 11.9. The maximum atomic E-state index is 12.2. The van der Waals surface area contributed by atoms with Crippen molar-refractivity contribution in [2.45, 2.75) is 13.5 Å². The number of anilines is 1. The van der Waals surface area contributed by atoms with Crippen molar-refractivity contribution in [3.63, 3.8) is 0 Å². The van der Waals surface area contributed by atoms with Gasteiger partial charge in [-0.05, 0) is 52.3 Å². The zero-order chi connectivity index (χ0) is 18.4. The van der Waals surface area contributed by atoms with Crippen LogP contribution in [0.3, 0.4) is 0 Å². The molecule has 25 heavy (non-hydrogen) atoms. The highest BCUT2D eigenvalue weighted by atomic mass is 79.9. The van der Waals surface area contributed by atoms with Crippen molar-refractivity contribution in [3.05, 3.63) is 52.0 Å². The second-order valence-corrected chi connectivity index (χ2v) is 5.99. The van der Waals surface area contributed by atoms with E-state index >= 15 is 0 Å². The second kappa shape index (κ2) is 8.53. The molecule has 0 aliphatic carbocycles. The summed E-state index contributed by atoms with van der Waals surface area (Å²) in [6, 6.07) is 9.96. The maximum absolute atomic E-state index is 12.2. The molecule has 0 saturated carbocycles. The van der Waals surface area contributed by atoms with Crippen LogP contribution >= 0.6 is 15.9 Å². The van der Waals surface area contributed by atoms with Crippen LogP contribution in [-0.4, -0.2) is 26.1 Å². The molecule has 1 amide bonds. The molecule has 6 nitrogen and oxygen atoms in total. The maximum Gasteiger partial charge on any atom is 0.338 e. The summed E-state index contributed by atoms with van der Waals surface area (Å²) in [5.74, 6) is 0.554. The number of benzene rings is 2. The molecule has 2 rings (SSSR count). The van der Waals surface area contributed by atoms with Crippen molar-refractivity contribution in [1.82, 2.24) is 0 Å². The van der Waals surface area contributed by atoms with Gasteiger partial charge in [0.1, 0.15) is 18.1 Å². The number of methoxy groups -OCH3 is 2. The highest BCUT2D eigenvalue weighted by molar-refractivity contribution is 9.10. The van der Waals surface area contributed by atoms with Crippen molar-refractivity contribution in [2.24, 2.45) is 0 Å². The van der Waals surface area contributed by atoms with Gasteiger partial charge in [0.15, 0.2) is 0 Å². The van der Waals surface area contributed by atoms with Gasteiger partial charge in [0.05, 0.1) is 24.3 Å². The molecule has 2 aromatic carbocycles. The number of hydrogen-bond acceptors (Lipinski definition) is 5. The number of esters is 1. The van der Waals surface area contributed by atoms with Crippen LogP contribution in [0.15, 0.2) is 40.9 Å². The average Bonchev–Trinajstić information content (AvgIpc) is 2.60. The lowest BCUT2D eigenvalue weighted by Gasteiger charge is -2.13. The van der Waals surface area contributed by atoms with Crippen LogP contribution in [0.1, 0.15) is 22.8 Å². The van der Waals surface area contributed by atoms with Crippen molar-refractivity contribution < 1.29 is 23.8 Å². The van der Waals surface area contributed by atoms with Crippen molar-refractivity contribution >= 4 is 33.5 Å². The number of carbonyl (C=O) groups excluding carboxylic acids is 2. The van der Waals surface area contributed by atoms with Crippen LogP contribution in [0, 0.1) is 0 Å². The van der Waals surface area contributed by atoms with Gasteiger partial charge in [-0.15, -0.1) is 0 Å².